The monoisotopic (exact) mass is 600 g/mol. The molecule has 4 heterocycles. The third-order valence-electron chi connectivity index (χ3n) is 13.5. The van der Waals surface area contributed by atoms with Crippen LogP contribution in [0.4, 0.5) is 0 Å². The molecule has 1 aromatic carbocycles. The quantitative estimate of drug-likeness (QED) is 0.291. The summed E-state index contributed by atoms with van der Waals surface area (Å²) in [6, 6.07) is 18.3. The van der Waals surface area contributed by atoms with Crippen molar-refractivity contribution < 1.29 is 4.79 Å². The SMILES string of the molecule is CC1CC2Cc3ncc(-c4ccc5c(n4)CC4CC(C)CC56C4CCCN6Cc4ccccc4)cc3C3(C1)C2CCCN3C=O. The van der Waals surface area contributed by atoms with Crippen molar-refractivity contribution in [1.29, 1.82) is 0 Å². The van der Waals surface area contributed by atoms with Crippen LogP contribution in [0, 0.1) is 35.5 Å². The van der Waals surface area contributed by atoms with Crippen molar-refractivity contribution in [2.24, 2.45) is 35.5 Å². The maximum Gasteiger partial charge on any atom is 0.210 e. The molecule has 45 heavy (non-hydrogen) atoms. The Morgan fingerprint density at radius 2 is 1.56 bits per heavy atom. The summed E-state index contributed by atoms with van der Waals surface area (Å²) in [7, 11) is 0. The van der Waals surface area contributed by atoms with Gasteiger partial charge in [-0.15, -0.1) is 0 Å². The maximum absolute atomic E-state index is 12.6. The third-order valence-corrected chi connectivity index (χ3v) is 13.5. The number of piperidine rings is 2. The van der Waals surface area contributed by atoms with Crippen molar-refractivity contribution >= 4 is 6.41 Å². The first-order chi connectivity index (χ1) is 22.0. The highest BCUT2D eigenvalue weighted by Crippen LogP contribution is 2.60. The molecule has 1 amide bonds. The first-order valence-corrected chi connectivity index (χ1v) is 18.0. The highest BCUT2D eigenvalue weighted by atomic mass is 16.1. The lowest BCUT2D eigenvalue weighted by atomic mass is 9.53. The first-order valence-electron chi connectivity index (χ1n) is 18.0. The van der Waals surface area contributed by atoms with Gasteiger partial charge in [0, 0.05) is 41.8 Å². The molecule has 0 radical (unpaired) electrons. The molecule has 8 unspecified atom stereocenters. The number of pyridine rings is 2. The molecule has 0 spiro atoms. The van der Waals surface area contributed by atoms with Crippen LogP contribution in [-0.4, -0.2) is 39.3 Å². The zero-order valence-corrected chi connectivity index (χ0v) is 27.1. The van der Waals surface area contributed by atoms with Crippen LogP contribution >= 0.6 is 0 Å². The number of nitrogens with zero attached hydrogens (tertiary/aromatic N) is 4. The van der Waals surface area contributed by atoms with E-state index in [4.69, 9.17) is 9.97 Å². The Kier molecular flexibility index (Phi) is 6.57. The molecule has 9 rings (SSSR count). The predicted octanol–water partition coefficient (Wildman–Crippen LogP) is 7.52. The minimum atomic E-state index is -0.202. The summed E-state index contributed by atoms with van der Waals surface area (Å²) in [4.78, 5) is 28.4. The Labute approximate surface area is 268 Å². The van der Waals surface area contributed by atoms with E-state index < -0.39 is 0 Å². The first kappa shape index (κ1) is 28.2. The lowest BCUT2D eigenvalue weighted by Gasteiger charge is -2.61. The molecule has 234 valence electrons. The third kappa shape index (κ3) is 4.11. The van der Waals surface area contributed by atoms with Crippen molar-refractivity contribution in [3.63, 3.8) is 0 Å². The number of carbonyl (C=O) groups is 1. The molecule has 2 saturated carbocycles. The van der Waals surface area contributed by atoms with Gasteiger partial charge in [0.05, 0.1) is 16.8 Å². The zero-order valence-electron chi connectivity index (χ0n) is 27.1. The lowest BCUT2D eigenvalue weighted by molar-refractivity contribution is -0.141. The fraction of sp³-hybridized carbons (Fsp3) is 0.575. The van der Waals surface area contributed by atoms with Gasteiger partial charge >= 0.3 is 0 Å². The van der Waals surface area contributed by atoms with Gasteiger partial charge in [-0.05, 0) is 130 Å². The molecular formula is C40H48N4O. The van der Waals surface area contributed by atoms with Gasteiger partial charge in [-0.2, -0.15) is 0 Å². The summed E-state index contributed by atoms with van der Waals surface area (Å²) >= 11 is 0. The fourth-order valence-electron chi connectivity index (χ4n) is 12.1. The molecule has 2 aliphatic heterocycles. The van der Waals surface area contributed by atoms with Gasteiger partial charge in [0.15, 0.2) is 0 Å². The van der Waals surface area contributed by atoms with Crippen LogP contribution in [0.15, 0.2) is 54.7 Å². The van der Waals surface area contributed by atoms with Gasteiger partial charge in [-0.25, -0.2) is 0 Å². The van der Waals surface area contributed by atoms with Crippen molar-refractivity contribution in [2.75, 3.05) is 13.1 Å². The second-order valence-electron chi connectivity index (χ2n) is 16.0. The molecule has 5 heteroatoms. The van der Waals surface area contributed by atoms with Crippen LogP contribution in [0.2, 0.25) is 0 Å². The lowest BCUT2D eigenvalue weighted by Crippen LogP contribution is -2.61. The minimum Gasteiger partial charge on any atom is -0.335 e. The van der Waals surface area contributed by atoms with Crippen LogP contribution in [0.1, 0.15) is 93.3 Å². The van der Waals surface area contributed by atoms with Crippen LogP contribution in [0.5, 0.6) is 0 Å². The Morgan fingerprint density at radius 1 is 0.844 bits per heavy atom. The number of benzene rings is 1. The van der Waals surface area contributed by atoms with Crippen LogP contribution in [0.3, 0.4) is 0 Å². The second-order valence-corrected chi connectivity index (χ2v) is 16.0. The van der Waals surface area contributed by atoms with Gasteiger partial charge in [-0.3, -0.25) is 19.7 Å². The molecule has 4 bridgehead atoms. The number of fused-ring (bicyclic) bond motifs is 2. The summed E-state index contributed by atoms with van der Waals surface area (Å²) in [5.41, 5.74) is 8.86. The molecule has 2 aromatic heterocycles. The molecule has 5 nitrogen and oxygen atoms in total. The predicted molar refractivity (Wildman–Crippen MR) is 177 cm³/mol. The Hall–Kier alpha value is -3.05. The molecule has 4 fully saturated rings. The van der Waals surface area contributed by atoms with E-state index in [1.807, 2.05) is 0 Å². The van der Waals surface area contributed by atoms with Gasteiger partial charge in [0.25, 0.3) is 0 Å². The number of hydrogen-bond donors (Lipinski definition) is 0. The molecule has 3 aromatic rings. The highest BCUT2D eigenvalue weighted by Gasteiger charge is 2.58. The van der Waals surface area contributed by atoms with Gasteiger partial charge in [0.1, 0.15) is 0 Å². The van der Waals surface area contributed by atoms with Crippen LogP contribution in [-0.2, 0) is 35.3 Å². The summed E-state index contributed by atoms with van der Waals surface area (Å²) in [5, 5.41) is 0. The normalized spacial score (nSPS) is 36.7. The van der Waals surface area contributed by atoms with Crippen LogP contribution in [0.25, 0.3) is 11.3 Å². The van der Waals surface area contributed by atoms with Crippen molar-refractivity contribution in [3.8, 4) is 11.3 Å². The second kappa shape index (κ2) is 10.5. The summed E-state index contributed by atoms with van der Waals surface area (Å²) in [5.74, 6) is 3.95. The number of amides is 1. The molecular weight excluding hydrogens is 552 g/mol. The number of rotatable bonds is 4. The zero-order chi connectivity index (χ0) is 30.3. The Morgan fingerprint density at radius 3 is 2.33 bits per heavy atom. The smallest absolute Gasteiger partial charge is 0.210 e. The van der Waals surface area contributed by atoms with Crippen molar-refractivity contribution in [1.82, 2.24) is 19.8 Å². The van der Waals surface area contributed by atoms with Gasteiger partial charge in [0.2, 0.25) is 6.41 Å². The fourth-order valence-corrected chi connectivity index (χ4v) is 12.1. The van der Waals surface area contributed by atoms with E-state index >= 15 is 0 Å². The number of likely N-dealkylation sites (tertiary alicyclic amines) is 2. The minimum absolute atomic E-state index is 0.0790. The number of hydrogen-bond acceptors (Lipinski definition) is 4. The summed E-state index contributed by atoms with van der Waals surface area (Å²) in [6.07, 6.45) is 15.3. The average molecular weight is 601 g/mol. The Bertz CT molecular complexity index is 1620. The maximum atomic E-state index is 12.6. The van der Waals surface area contributed by atoms with Crippen LogP contribution < -0.4 is 0 Å². The van der Waals surface area contributed by atoms with Crippen molar-refractivity contribution in [2.45, 2.75) is 95.7 Å². The van der Waals surface area contributed by atoms with E-state index in [1.54, 1.807) is 0 Å². The van der Waals surface area contributed by atoms with Gasteiger partial charge in [-0.1, -0.05) is 50.2 Å². The largest absolute Gasteiger partial charge is 0.335 e. The average Bonchev–Trinajstić information content (AvgIpc) is 3.04. The molecule has 0 N–H and O–H groups in total. The standard InChI is InChI=1S/C40H48N4O/c1-26-17-30-20-38-34(39(21-26)32(30)10-6-14-43(39)24-28-8-4-3-5-9-28)12-13-36(42-38)31-18-35-37(41-23-31)19-29-16-27(2)22-40(35)33(29)11-7-15-44(40)25-45/h3-5,8-9,12-13,18,23,25-27,29-30,32-33H,6-7,10-11,14-17,19-22,24H2,1-2H3. The molecule has 6 aliphatic rings. The molecule has 4 aliphatic carbocycles. The van der Waals surface area contributed by atoms with Crippen molar-refractivity contribution in [3.05, 3.63) is 82.8 Å². The molecule has 8 atom stereocenters. The van der Waals surface area contributed by atoms with E-state index in [0.29, 0.717) is 23.7 Å². The van der Waals surface area contributed by atoms with E-state index in [1.165, 1.54) is 66.6 Å². The van der Waals surface area contributed by atoms with E-state index in [-0.39, 0.29) is 11.1 Å². The highest BCUT2D eigenvalue weighted by molar-refractivity contribution is 5.63. The summed E-state index contributed by atoms with van der Waals surface area (Å²) < 4.78 is 0. The van der Waals surface area contributed by atoms with E-state index in [9.17, 15) is 4.79 Å². The van der Waals surface area contributed by atoms with E-state index in [2.05, 4.69) is 78.4 Å². The van der Waals surface area contributed by atoms with Gasteiger partial charge < -0.3 is 4.90 Å². The molecule has 2 saturated heterocycles. The van der Waals surface area contributed by atoms with E-state index in [0.717, 1.165) is 74.8 Å². The Balaban J connectivity index is 1.14. The number of carbonyl (C=O) groups excluding carboxylic acids is 1. The topological polar surface area (TPSA) is 49.3 Å². The number of aromatic nitrogens is 2. The summed E-state index contributed by atoms with van der Waals surface area (Å²) in [6.45, 7) is 7.93.